The molecule has 7 nitrogen and oxygen atoms in total. The van der Waals surface area contributed by atoms with Crippen LogP contribution in [0.1, 0.15) is 40.2 Å². The van der Waals surface area contributed by atoms with Crippen LogP contribution in [0.15, 0.2) is 42.9 Å². The first-order chi connectivity index (χ1) is 16.7. The number of carbonyl (C=O) groups is 1. The maximum Gasteiger partial charge on any atom is 0.418 e. The summed E-state index contributed by atoms with van der Waals surface area (Å²) in [5.41, 5.74) is 0.785. The summed E-state index contributed by atoms with van der Waals surface area (Å²) in [6.07, 6.45) is 1.36. The van der Waals surface area contributed by atoms with Crippen molar-refractivity contribution in [3.8, 4) is 17.3 Å². The quantitative estimate of drug-likeness (QED) is 0.532. The van der Waals surface area contributed by atoms with Crippen LogP contribution < -0.4 is 4.74 Å². The zero-order chi connectivity index (χ0) is 24.7. The molecule has 1 aliphatic heterocycles. The summed E-state index contributed by atoms with van der Waals surface area (Å²) in [5.74, 6) is 1.27. The number of aryl methyl sites for hydroxylation is 2. The second kappa shape index (κ2) is 8.90. The minimum atomic E-state index is -4.47. The van der Waals surface area contributed by atoms with Crippen molar-refractivity contribution < 1.29 is 22.7 Å². The molecule has 1 saturated carbocycles. The number of hydrogen-bond donors (Lipinski definition) is 0. The van der Waals surface area contributed by atoms with Crippen molar-refractivity contribution in [1.82, 2.24) is 24.8 Å². The molecule has 4 heterocycles. The fourth-order valence-electron chi connectivity index (χ4n) is 4.67. The molecule has 3 aromatic heterocycles. The van der Waals surface area contributed by atoms with Crippen LogP contribution in [0.2, 0.25) is 0 Å². The average molecular weight is 483 g/mol. The third-order valence-corrected chi connectivity index (χ3v) is 6.64. The van der Waals surface area contributed by atoms with Gasteiger partial charge in [-0.1, -0.05) is 0 Å². The lowest BCUT2D eigenvalue weighted by Crippen LogP contribution is -2.48. The zero-order valence-electron chi connectivity index (χ0n) is 19.3. The predicted octanol–water partition coefficient (Wildman–Crippen LogP) is 4.50. The number of pyridine rings is 2. The van der Waals surface area contributed by atoms with Gasteiger partial charge in [-0.25, -0.2) is 19.9 Å². The molecule has 1 saturated heterocycles. The fraction of sp³-hybridized carbons (Fsp3) is 0.400. The number of piperidine rings is 1. The monoisotopic (exact) mass is 483 g/mol. The molecule has 3 atom stereocenters. The van der Waals surface area contributed by atoms with E-state index in [1.54, 1.807) is 29.4 Å². The first kappa shape index (κ1) is 23.2. The molecule has 0 spiro atoms. The minimum absolute atomic E-state index is 0.0396. The summed E-state index contributed by atoms with van der Waals surface area (Å²) >= 11 is 0. The van der Waals surface area contributed by atoms with Crippen LogP contribution in [-0.4, -0.2) is 49.9 Å². The van der Waals surface area contributed by atoms with E-state index in [4.69, 9.17) is 4.74 Å². The lowest BCUT2D eigenvalue weighted by atomic mass is 10.0. The summed E-state index contributed by atoms with van der Waals surface area (Å²) in [6, 6.07) is 6.35. The highest BCUT2D eigenvalue weighted by Gasteiger charge is 2.48. The van der Waals surface area contributed by atoms with Gasteiger partial charge < -0.3 is 9.64 Å². The number of ether oxygens (including phenoxy) is 1. The van der Waals surface area contributed by atoms with E-state index in [2.05, 4.69) is 19.9 Å². The molecule has 1 aliphatic carbocycles. The molecule has 0 unspecified atom stereocenters. The number of rotatable bonds is 5. The number of alkyl halides is 3. The van der Waals surface area contributed by atoms with Crippen molar-refractivity contribution in [2.45, 2.75) is 38.9 Å². The van der Waals surface area contributed by atoms with Crippen LogP contribution >= 0.6 is 0 Å². The van der Waals surface area contributed by atoms with Gasteiger partial charge >= 0.3 is 6.18 Å². The molecular formula is C25H24F3N5O2. The number of aromatic nitrogens is 4. The number of amides is 1. The van der Waals surface area contributed by atoms with Crippen LogP contribution in [0.4, 0.5) is 13.2 Å². The number of hydrogen-bond acceptors (Lipinski definition) is 6. The Balaban J connectivity index is 1.38. The van der Waals surface area contributed by atoms with Crippen molar-refractivity contribution in [1.29, 1.82) is 0 Å². The van der Waals surface area contributed by atoms with Crippen molar-refractivity contribution >= 4 is 5.91 Å². The summed E-state index contributed by atoms with van der Waals surface area (Å²) in [4.78, 5) is 32.5. The smallest absolute Gasteiger partial charge is 0.418 e. The second-order valence-electron chi connectivity index (χ2n) is 9.17. The summed E-state index contributed by atoms with van der Waals surface area (Å²) in [7, 11) is 0. The molecule has 182 valence electrons. The lowest BCUT2D eigenvalue weighted by Gasteiger charge is -2.35. The lowest BCUT2D eigenvalue weighted by molar-refractivity contribution is -0.138. The Morgan fingerprint density at radius 2 is 1.89 bits per heavy atom. The molecule has 3 aromatic rings. The van der Waals surface area contributed by atoms with Gasteiger partial charge in [0.25, 0.3) is 5.91 Å². The molecule has 5 rings (SSSR count). The van der Waals surface area contributed by atoms with E-state index in [0.717, 1.165) is 19.0 Å². The topological polar surface area (TPSA) is 81.1 Å². The van der Waals surface area contributed by atoms with Crippen LogP contribution in [0, 0.1) is 25.7 Å². The molecule has 10 heteroatoms. The minimum Gasteiger partial charge on any atom is -0.475 e. The molecule has 2 fully saturated rings. The second-order valence-corrected chi connectivity index (χ2v) is 9.17. The third-order valence-electron chi connectivity index (χ3n) is 6.64. The Morgan fingerprint density at radius 1 is 1.11 bits per heavy atom. The van der Waals surface area contributed by atoms with E-state index in [-0.39, 0.29) is 35.7 Å². The van der Waals surface area contributed by atoms with Crippen molar-refractivity contribution in [3.63, 3.8) is 0 Å². The number of halogens is 3. The molecular weight excluding hydrogens is 459 g/mol. The van der Waals surface area contributed by atoms with Crippen LogP contribution in [0.5, 0.6) is 5.88 Å². The first-order valence-electron chi connectivity index (χ1n) is 11.4. The van der Waals surface area contributed by atoms with Gasteiger partial charge in [0.2, 0.25) is 5.88 Å². The number of nitrogens with zero attached hydrogens (tertiary/aromatic N) is 5. The normalized spacial score (nSPS) is 21.4. The van der Waals surface area contributed by atoms with Gasteiger partial charge in [-0.3, -0.25) is 4.79 Å². The maximum absolute atomic E-state index is 13.8. The fourth-order valence-corrected chi connectivity index (χ4v) is 4.67. The molecule has 35 heavy (non-hydrogen) atoms. The average Bonchev–Trinajstić information content (AvgIpc) is 3.60. The van der Waals surface area contributed by atoms with Gasteiger partial charge in [-0.2, -0.15) is 13.2 Å². The maximum atomic E-state index is 13.8. The van der Waals surface area contributed by atoms with Crippen LogP contribution in [-0.2, 0) is 6.18 Å². The van der Waals surface area contributed by atoms with Gasteiger partial charge in [0.1, 0.15) is 12.3 Å². The number of likely N-dealkylation sites (tertiary alicyclic amines) is 1. The highest BCUT2D eigenvalue weighted by atomic mass is 19.4. The number of fused-ring (bicyclic) bond motifs is 1. The predicted molar refractivity (Wildman–Crippen MR) is 121 cm³/mol. The van der Waals surface area contributed by atoms with E-state index in [0.29, 0.717) is 35.5 Å². The van der Waals surface area contributed by atoms with Crippen molar-refractivity contribution in [2.24, 2.45) is 11.8 Å². The van der Waals surface area contributed by atoms with E-state index < -0.39 is 11.7 Å². The first-order valence-corrected chi connectivity index (χ1v) is 11.4. The van der Waals surface area contributed by atoms with E-state index >= 15 is 0 Å². The Kier molecular flexibility index (Phi) is 5.90. The van der Waals surface area contributed by atoms with Gasteiger partial charge in [0.05, 0.1) is 17.2 Å². The molecule has 0 bridgehead atoms. The van der Waals surface area contributed by atoms with Crippen LogP contribution in [0.25, 0.3) is 11.4 Å². The zero-order valence-corrected chi connectivity index (χ0v) is 19.3. The summed E-state index contributed by atoms with van der Waals surface area (Å²) in [5, 5.41) is 0. The molecule has 2 aliphatic rings. The highest BCUT2D eigenvalue weighted by molar-refractivity contribution is 5.98. The SMILES string of the molecule is Cc1ccc(-c2ncccn2)c(C(=O)N2C[C@H]3C[C@H]3C[C@H]2COc2cc(C)c(C(F)(F)F)cn2)n1. The highest BCUT2D eigenvalue weighted by Crippen LogP contribution is 2.47. The van der Waals surface area contributed by atoms with E-state index in [9.17, 15) is 18.0 Å². The van der Waals surface area contributed by atoms with E-state index in [1.807, 2.05) is 13.0 Å². The van der Waals surface area contributed by atoms with Crippen molar-refractivity contribution in [3.05, 3.63) is 65.4 Å². The van der Waals surface area contributed by atoms with Crippen molar-refractivity contribution in [2.75, 3.05) is 13.2 Å². The molecule has 0 N–H and O–H groups in total. The Labute approximate surface area is 200 Å². The molecule has 0 radical (unpaired) electrons. The van der Waals surface area contributed by atoms with Gasteiger partial charge in [0, 0.05) is 36.9 Å². The summed E-state index contributed by atoms with van der Waals surface area (Å²) in [6.45, 7) is 3.91. The Morgan fingerprint density at radius 3 is 2.60 bits per heavy atom. The molecule has 1 amide bonds. The van der Waals surface area contributed by atoms with Crippen LogP contribution in [0.3, 0.4) is 0 Å². The summed E-state index contributed by atoms with van der Waals surface area (Å²) < 4.78 is 44.9. The Bertz CT molecular complexity index is 1250. The largest absolute Gasteiger partial charge is 0.475 e. The standard InChI is InChI=1S/C25H24F3N5O2/c1-14-8-21(31-11-20(14)25(26,27)28)35-13-18-10-16-9-17(16)12-33(18)24(34)22-19(5-4-15(2)32-22)23-29-6-3-7-30-23/h3-8,11,16-18H,9-10,12-13H2,1-2H3/t16-,17+,18-/m0/s1. The Hall–Kier alpha value is -3.56. The van der Waals surface area contributed by atoms with Gasteiger partial charge in [-0.15, -0.1) is 0 Å². The third kappa shape index (κ3) is 4.82. The van der Waals surface area contributed by atoms with E-state index in [1.165, 1.54) is 13.0 Å². The van der Waals surface area contributed by atoms with Gasteiger partial charge in [-0.05, 0) is 62.3 Å². The molecule has 0 aromatic carbocycles. The van der Waals surface area contributed by atoms with Gasteiger partial charge in [0.15, 0.2) is 5.82 Å². The number of carbonyl (C=O) groups excluding carboxylic acids is 1.